The molecule has 1 atom stereocenters. The van der Waals surface area contributed by atoms with Crippen LogP contribution >= 0.6 is 0 Å². The Labute approximate surface area is 140 Å². The number of carboxylic acids is 1. The first-order valence-electron chi connectivity index (χ1n) is 8.38. The van der Waals surface area contributed by atoms with Crippen LogP contribution in [0.15, 0.2) is 30.3 Å². The van der Waals surface area contributed by atoms with E-state index in [0.29, 0.717) is 11.5 Å². The van der Waals surface area contributed by atoms with E-state index in [4.69, 9.17) is 5.11 Å². The number of allylic oxidation sites excluding steroid dienone is 1. The van der Waals surface area contributed by atoms with Gasteiger partial charge in [-0.25, -0.2) is 4.79 Å². The van der Waals surface area contributed by atoms with Crippen molar-refractivity contribution < 1.29 is 9.90 Å². The van der Waals surface area contributed by atoms with Gasteiger partial charge < -0.3 is 5.11 Å². The van der Waals surface area contributed by atoms with E-state index in [0.717, 1.165) is 12.0 Å². The van der Waals surface area contributed by atoms with E-state index in [9.17, 15) is 4.79 Å². The number of carbonyl (C=O) groups is 1. The van der Waals surface area contributed by atoms with Gasteiger partial charge in [0.2, 0.25) is 0 Å². The standard InChI is InChI=1S/C20H29NO2/c1-19(2)14-13-17(20(3,4)21(19)5)8-6-7-15-9-11-16(12-10-15)18(22)23/h6-7,9-12,17H,8,13-14H2,1-5H3,(H,22,23). The molecule has 0 bridgehead atoms. The van der Waals surface area contributed by atoms with Gasteiger partial charge in [-0.15, -0.1) is 0 Å². The van der Waals surface area contributed by atoms with Crippen LogP contribution in [0.25, 0.3) is 6.08 Å². The largest absolute Gasteiger partial charge is 0.478 e. The normalized spacial score (nSPS) is 24.0. The molecule has 0 spiro atoms. The molecule has 0 saturated carbocycles. The van der Waals surface area contributed by atoms with Crippen LogP contribution in [0, 0.1) is 5.92 Å². The number of piperidine rings is 1. The van der Waals surface area contributed by atoms with Crippen molar-refractivity contribution in [1.82, 2.24) is 4.90 Å². The van der Waals surface area contributed by atoms with Gasteiger partial charge in [0, 0.05) is 11.1 Å². The van der Waals surface area contributed by atoms with E-state index in [1.54, 1.807) is 12.1 Å². The fraction of sp³-hybridized carbons (Fsp3) is 0.550. The fourth-order valence-corrected chi connectivity index (χ4v) is 3.61. The molecule has 1 aliphatic heterocycles. The Morgan fingerprint density at radius 1 is 1.26 bits per heavy atom. The predicted octanol–water partition coefficient (Wildman–Crippen LogP) is 4.69. The molecule has 126 valence electrons. The van der Waals surface area contributed by atoms with Gasteiger partial charge in [-0.3, -0.25) is 4.90 Å². The van der Waals surface area contributed by atoms with Crippen LogP contribution in [0.1, 0.15) is 62.9 Å². The summed E-state index contributed by atoms with van der Waals surface area (Å²) in [6.45, 7) is 9.33. The molecule has 1 unspecified atom stereocenters. The van der Waals surface area contributed by atoms with E-state index in [1.165, 1.54) is 12.8 Å². The maximum atomic E-state index is 10.9. The first-order valence-corrected chi connectivity index (χ1v) is 8.38. The molecular weight excluding hydrogens is 286 g/mol. The van der Waals surface area contributed by atoms with Crippen LogP contribution in [0.2, 0.25) is 0 Å². The quantitative estimate of drug-likeness (QED) is 0.876. The summed E-state index contributed by atoms with van der Waals surface area (Å²) in [7, 11) is 2.24. The van der Waals surface area contributed by atoms with Crippen LogP contribution in [0.4, 0.5) is 0 Å². The van der Waals surface area contributed by atoms with E-state index >= 15 is 0 Å². The minimum Gasteiger partial charge on any atom is -0.478 e. The second-order valence-electron chi connectivity index (χ2n) is 7.83. The van der Waals surface area contributed by atoms with E-state index < -0.39 is 5.97 Å². The lowest BCUT2D eigenvalue weighted by molar-refractivity contribution is -0.0432. The third kappa shape index (κ3) is 3.84. The fourth-order valence-electron chi connectivity index (χ4n) is 3.61. The number of likely N-dealkylation sites (tertiary alicyclic amines) is 1. The average molecular weight is 315 g/mol. The molecule has 2 rings (SSSR count). The number of rotatable bonds is 4. The van der Waals surface area contributed by atoms with Crippen molar-refractivity contribution in [3.05, 3.63) is 41.5 Å². The number of hydrogen-bond acceptors (Lipinski definition) is 2. The SMILES string of the molecule is CN1C(C)(C)CCC(CC=Cc2ccc(C(=O)O)cc2)C1(C)C. The number of aromatic carboxylic acids is 1. The van der Waals surface area contributed by atoms with Crippen LogP contribution in [-0.4, -0.2) is 34.1 Å². The van der Waals surface area contributed by atoms with Crippen molar-refractivity contribution >= 4 is 12.0 Å². The van der Waals surface area contributed by atoms with Gasteiger partial charge in [-0.1, -0.05) is 24.3 Å². The summed E-state index contributed by atoms with van der Waals surface area (Å²) in [5.74, 6) is -0.245. The zero-order valence-electron chi connectivity index (χ0n) is 15.0. The smallest absolute Gasteiger partial charge is 0.335 e. The van der Waals surface area contributed by atoms with Gasteiger partial charge in [0.05, 0.1) is 5.56 Å². The molecule has 3 nitrogen and oxygen atoms in total. The molecule has 0 radical (unpaired) electrons. The molecule has 0 amide bonds. The third-order valence-corrected chi connectivity index (χ3v) is 5.76. The molecule has 23 heavy (non-hydrogen) atoms. The van der Waals surface area contributed by atoms with Crippen LogP contribution in [0.3, 0.4) is 0 Å². The Bertz CT molecular complexity index is 584. The van der Waals surface area contributed by atoms with Gasteiger partial charge in [-0.05, 0) is 77.6 Å². The molecule has 1 N–H and O–H groups in total. The van der Waals surface area contributed by atoms with Gasteiger partial charge in [0.15, 0.2) is 0 Å². The summed E-state index contributed by atoms with van der Waals surface area (Å²) in [6.07, 6.45) is 7.84. The summed E-state index contributed by atoms with van der Waals surface area (Å²) in [5, 5.41) is 8.92. The molecule has 1 aromatic carbocycles. The summed E-state index contributed by atoms with van der Waals surface area (Å²) >= 11 is 0. The number of benzene rings is 1. The van der Waals surface area contributed by atoms with Crippen molar-refractivity contribution in [1.29, 1.82) is 0 Å². The zero-order chi connectivity index (χ0) is 17.3. The molecule has 1 aromatic rings. The maximum Gasteiger partial charge on any atom is 0.335 e. The lowest BCUT2D eigenvalue weighted by atomic mass is 9.71. The summed E-state index contributed by atoms with van der Waals surface area (Å²) in [6, 6.07) is 7.04. The Hall–Kier alpha value is -1.61. The molecule has 1 saturated heterocycles. The summed E-state index contributed by atoms with van der Waals surface area (Å²) < 4.78 is 0. The van der Waals surface area contributed by atoms with Gasteiger partial charge in [0.25, 0.3) is 0 Å². The van der Waals surface area contributed by atoms with Crippen molar-refractivity contribution in [2.24, 2.45) is 5.92 Å². The van der Waals surface area contributed by atoms with Gasteiger partial charge >= 0.3 is 5.97 Å². The third-order valence-electron chi connectivity index (χ3n) is 5.76. The summed E-state index contributed by atoms with van der Waals surface area (Å²) in [5.41, 5.74) is 1.83. The highest BCUT2D eigenvalue weighted by Crippen LogP contribution is 2.42. The first kappa shape index (κ1) is 17.7. The van der Waals surface area contributed by atoms with E-state index in [-0.39, 0.29) is 11.1 Å². The van der Waals surface area contributed by atoms with Crippen molar-refractivity contribution in [3.8, 4) is 0 Å². The maximum absolute atomic E-state index is 10.9. The highest BCUT2D eigenvalue weighted by molar-refractivity contribution is 5.87. The minimum absolute atomic E-state index is 0.180. The summed E-state index contributed by atoms with van der Waals surface area (Å²) in [4.78, 5) is 13.4. The molecule has 1 fully saturated rings. The molecule has 1 heterocycles. The Morgan fingerprint density at radius 3 is 2.43 bits per heavy atom. The van der Waals surface area contributed by atoms with Gasteiger partial charge in [0.1, 0.15) is 0 Å². The topological polar surface area (TPSA) is 40.5 Å². The van der Waals surface area contributed by atoms with Crippen LogP contribution in [0.5, 0.6) is 0 Å². The van der Waals surface area contributed by atoms with Crippen molar-refractivity contribution in [2.45, 2.75) is 58.0 Å². The Morgan fingerprint density at radius 2 is 1.87 bits per heavy atom. The second kappa shape index (κ2) is 6.48. The van der Waals surface area contributed by atoms with Crippen molar-refractivity contribution in [2.75, 3.05) is 7.05 Å². The zero-order valence-corrected chi connectivity index (χ0v) is 15.0. The van der Waals surface area contributed by atoms with E-state index in [2.05, 4.69) is 51.8 Å². The highest BCUT2D eigenvalue weighted by Gasteiger charge is 2.44. The number of hydrogen-bond donors (Lipinski definition) is 1. The molecule has 0 aliphatic carbocycles. The lowest BCUT2D eigenvalue weighted by Crippen LogP contribution is -2.60. The second-order valence-corrected chi connectivity index (χ2v) is 7.83. The van der Waals surface area contributed by atoms with Crippen molar-refractivity contribution in [3.63, 3.8) is 0 Å². The van der Waals surface area contributed by atoms with Gasteiger partial charge in [-0.2, -0.15) is 0 Å². The lowest BCUT2D eigenvalue weighted by Gasteiger charge is -2.55. The number of nitrogens with zero attached hydrogens (tertiary/aromatic N) is 1. The van der Waals surface area contributed by atoms with Crippen LogP contribution in [-0.2, 0) is 0 Å². The monoisotopic (exact) mass is 315 g/mol. The Balaban J connectivity index is 2.01. The average Bonchev–Trinajstić information content (AvgIpc) is 2.48. The molecule has 1 aliphatic rings. The van der Waals surface area contributed by atoms with Crippen LogP contribution < -0.4 is 0 Å². The first-order chi connectivity index (χ1) is 10.6. The number of carboxylic acid groups (broad SMARTS) is 1. The highest BCUT2D eigenvalue weighted by atomic mass is 16.4. The minimum atomic E-state index is -0.880. The predicted molar refractivity (Wildman–Crippen MR) is 95.7 cm³/mol. The molecule has 0 aromatic heterocycles. The van der Waals surface area contributed by atoms with E-state index in [1.807, 2.05) is 12.1 Å². The Kier molecular flexibility index (Phi) is 5.00. The molecule has 3 heteroatoms. The molecular formula is C20H29NO2.